The molecule has 1 aromatic rings. The number of carbonyl (C=O) groups is 2. The van der Waals surface area contributed by atoms with Crippen molar-refractivity contribution >= 4 is 11.9 Å². The van der Waals surface area contributed by atoms with E-state index in [-0.39, 0.29) is 24.3 Å². The Balaban J connectivity index is 2.85. The van der Waals surface area contributed by atoms with Crippen molar-refractivity contribution in [2.75, 3.05) is 20.2 Å². The van der Waals surface area contributed by atoms with Gasteiger partial charge in [0.2, 0.25) is 0 Å². The monoisotopic (exact) mass is 269 g/mol. The molecule has 0 bridgehead atoms. The van der Waals surface area contributed by atoms with Crippen molar-refractivity contribution in [1.82, 2.24) is 4.90 Å². The van der Waals surface area contributed by atoms with Crippen LogP contribution in [0.15, 0.2) is 18.2 Å². The van der Waals surface area contributed by atoms with E-state index in [0.29, 0.717) is 6.54 Å². The fourth-order valence-electron chi connectivity index (χ4n) is 1.62. The number of carbonyl (C=O) groups excluding carboxylic acids is 1. The third-order valence-corrected chi connectivity index (χ3v) is 2.66. The van der Waals surface area contributed by atoms with Gasteiger partial charge in [0, 0.05) is 18.7 Å². The summed E-state index contributed by atoms with van der Waals surface area (Å²) in [5.74, 6) is -1.94. The Morgan fingerprint density at radius 3 is 2.58 bits per heavy atom. The number of methoxy groups -OCH3 is 1. The van der Waals surface area contributed by atoms with Crippen molar-refractivity contribution in [3.8, 4) is 5.75 Å². The first-order valence-electron chi connectivity index (χ1n) is 5.84. The van der Waals surface area contributed by atoms with Crippen LogP contribution in [0.5, 0.6) is 5.75 Å². The maximum absolute atomic E-state index is 13.5. The molecule has 0 aliphatic carbocycles. The third kappa shape index (κ3) is 3.94. The quantitative estimate of drug-likeness (QED) is 0.854. The molecule has 0 saturated heterocycles. The van der Waals surface area contributed by atoms with Gasteiger partial charge in [0.15, 0.2) is 11.6 Å². The second kappa shape index (κ2) is 6.72. The highest BCUT2D eigenvalue weighted by Gasteiger charge is 2.16. The van der Waals surface area contributed by atoms with Crippen LogP contribution in [-0.2, 0) is 4.79 Å². The Morgan fingerprint density at radius 1 is 1.42 bits per heavy atom. The van der Waals surface area contributed by atoms with Crippen molar-refractivity contribution in [2.24, 2.45) is 0 Å². The van der Waals surface area contributed by atoms with Gasteiger partial charge in [-0.2, -0.15) is 0 Å². The zero-order chi connectivity index (χ0) is 14.4. The second-order valence-electron chi connectivity index (χ2n) is 3.88. The molecule has 0 heterocycles. The van der Waals surface area contributed by atoms with Gasteiger partial charge >= 0.3 is 5.97 Å². The number of carboxylic acids is 1. The average Bonchev–Trinajstić information content (AvgIpc) is 2.38. The molecule has 0 saturated carbocycles. The lowest BCUT2D eigenvalue weighted by Crippen LogP contribution is -2.32. The minimum Gasteiger partial charge on any atom is -0.494 e. The first kappa shape index (κ1) is 14.9. The Labute approximate surface area is 110 Å². The minimum atomic E-state index is -0.979. The molecule has 1 rings (SSSR count). The van der Waals surface area contributed by atoms with Crippen LogP contribution in [0.25, 0.3) is 0 Å². The van der Waals surface area contributed by atoms with Crippen molar-refractivity contribution in [3.63, 3.8) is 0 Å². The molecule has 5 nitrogen and oxygen atoms in total. The number of amides is 1. The molecule has 1 amide bonds. The van der Waals surface area contributed by atoms with Gasteiger partial charge < -0.3 is 14.7 Å². The van der Waals surface area contributed by atoms with Crippen LogP contribution in [0, 0.1) is 5.82 Å². The standard InChI is InChI=1S/C13H16FNO4/c1-3-15(7-6-12(16)17)13(18)9-4-5-11(19-2)10(14)8-9/h4-5,8H,3,6-7H2,1-2H3,(H,16,17). The molecular formula is C13H16FNO4. The lowest BCUT2D eigenvalue weighted by atomic mass is 10.1. The van der Waals surface area contributed by atoms with E-state index in [4.69, 9.17) is 9.84 Å². The van der Waals surface area contributed by atoms with Crippen molar-refractivity contribution in [3.05, 3.63) is 29.6 Å². The number of carboxylic acid groups (broad SMARTS) is 1. The highest BCUT2D eigenvalue weighted by Crippen LogP contribution is 2.18. The smallest absolute Gasteiger partial charge is 0.305 e. The van der Waals surface area contributed by atoms with Gasteiger partial charge in [-0.05, 0) is 25.1 Å². The van der Waals surface area contributed by atoms with Gasteiger partial charge in [-0.3, -0.25) is 9.59 Å². The van der Waals surface area contributed by atoms with Crippen molar-refractivity contribution < 1.29 is 23.8 Å². The van der Waals surface area contributed by atoms with Crippen LogP contribution >= 0.6 is 0 Å². The molecule has 0 radical (unpaired) electrons. The molecule has 0 atom stereocenters. The molecule has 0 aromatic heterocycles. The van der Waals surface area contributed by atoms with Gasteiger partial charge in [0.25, 0.3) is 5.91 Å². The van der Waals surface area contributed by atoms with Crippen LogP contribution in [0.1, 0.15) is 23.7 Å². The van der Waals surface area contributed by atoms with E-state index >= 15 is 0 Å². The topological polar surface area (TPSA) is 66.8 Å². The molecule has 104 valence electrons. The number of hydrogen-bond acceptors (Lipinski definition) is 3. The maximum Gasteiger partial charge on any atom is 0.305 e. The zero-order valence-electron chi connectivity index (χ0n) is 10.9. The third-order valence-electron chi connectivity index (χ3n) is 2.66. The van der Waals surface area contributed by atoms with Gasteiger partial charge in [0.1, 0.15) is 0 Å². The van der Waals surface area contributed by atoms with E-state index in [2.05, 4.69) is 0 Å². The van der Waals surface area contributed by atoms with E-state index in [1.54, 1.807) is 6.92 Å². The fraction of sp³-hybridized carbons (Fsp3) is 0.385. The number of benzene rings is 1. The predicted octanol–water partition coefficient (Wildman–Crippen LogP) is 1.77. The highest BCUT2D eigenvalue weighted by molar-refractivity contribution is 5.94. The van der Waals surface area contributed by atoms with Gasteiger partial charge in [-0.15, -0.1) is 0 Å². The molecule has 0 unspecified atom stereocenters. The van der Waals surface area contributed by atoms with Crippen LogP contribution in [0.3, 0.4) is 0 Å². The SMILES string of the molecule is CCN(CCC(=O)O)C(=O)c1ccc(OC)c(F)c1. The summed E-state index contributed by atoms with van der Waals surface area (Å²) in [5.41, 5.74) is 0.172. The van der Waals surface area contributed by atoms with E-state index in [0.717, 1.165) is 6.07 Å². The molecule has 0 aliphatic rings. The summed E-state index contributed by atoms with van der Waals surface area (Å²) in [6.45, 7) is 2.19. The lowest BCUT2D eigenvalue weighted by Gasteiger charge is -2.20. The molecule has 0 aliphatic heterocycles. The first-order valence-corrected chi connectivity index (χ1v) is 5.84. The largest absolute Gasteiger partial charge is 0.494 e. The molecule has 1 N–H and O–H groups in total. The molecule has 0 spiro atoms. The average molecular weight is 269 g/mol. The fourth-order valence-corrected chi connectivity index (χ4v) is 1.62. The molecule has 6 heteroatoms. The Hall–Kier alpha value is -2.11. The summed E-state index contributed by atoms with van der Waals surface area (Å²) in [5, 5.41) is 8.61. The number of aliphatic carboxylic acids is 1. The van der Waals surface area contributed by atoms with E-state index in [1.807, 2.05) is 0 Å². The lowest BCUT2D eigenvalue weighted by molar-refractivity contribution is -0.137. The summed E-state index contributed by atoms with van der Waals surface area (Å²) < 4.78 is 18.3. The molecular weight excluding hydrogens is 253 g/mol. The van der Waals surface area contributed by atoms with Crippen LogP contribution < -0.4 is 4.74 Å². The first-order chi connectivity index (χ1) is 8.99. The number of ether oxygens (including phenoxy) is 1. The predicted molar refractivity (Wildman–Crippen MR) is 66.8 cm³/mol. The Morgan fingerprint density at radius 2 is 2.11 bits per heavy atom. The van der Waals surface area contributed by atoms with Crippen LogP contribution in [-0.4, -0.2) is 42.1 Å². The van der Waals surface area contributed by atoms with E-state index in [1.165, 1.54) is 24.1 Å². The highest BCUT2D eigenvalue weighted by atomic mass is 19.1. The number of rotatable bonds is 6. The van der Waals surface area contributed by atoms with E-state index < -0.39 is 17.7 Å². The zero-order valence-corrected chi connectivity index (χ0v) is 10.9. The second-order valence-corrected chi connectivity index (χ2v) is 3.88. The summed E-state index contributed by atoms with van der Waals surface area (Å²) in [7, 11) is 1.34. The van der Waals surface area contributed by atoms with Crippen LogP contribution in [0.2, 0.25) is 0 Å². The Bertz CT molecular complexity index is 476. The number of hydrogen-bond donors (Lipinski definition) is 1. The summed E-state index contributed by atoms with van der Waals surface area (Å²) in [6.07, 6.45) is -0.141. The molecule has 19 heavy (non-hydrogen) atoms. The van der Waals surface area contributed by atoms with Crippen LogP contribution in [0.4, 0.5) is 4.39 Å². The molecule has 1 aromatic carbocycles. The number of halogens is 1. The van der Waals surface area contributed by atoms with Crippen molar-refractivity contribution in [2.45, 2.75) is 13.3 Å². The van der Waals surface area contributed by atoms with Gasteiger partial charge in [-0.1, -0.05) is 0 Å². The summed E-state index contributed by atoms with van der Waals surface area (Å²) >= 11 is 0. The molecule has 0 fully saturated rings. The van der Waals surface area contributed by atoms with Gasteiger partial charge in [0.05, 0.1) is 13.5 Å². The van der Waals surface area contributed by atoms with E-state index in [9.17, 15) is 14.0 Å². The van der Waals surface area contributed by atoms with Gasteiger partial charge in [-0.25, -0.2) is 4.39 Å². The minimum absolute atomic E-state index is 0.0603. The summed E-state index contributed by atoms with van der Waals surface area (Å²) in [6, 6.07) is 3.91. The summed E-state index contributed by atoms with van der Waals surface area (Å²) in [4.78, 5) is 23.9. The number of nitrogens with zero attached hydrogens (tertiary/aromatic N) is 1. The Kier molecular flexibility index (Phi) is 5.29. The normalized spacial score (nSPS) is 10.1. The van der Waals surface area contributed by atoms with Crippen molar-refractivity contribution in [1.29, 1.82) is 0 Å². The maximum atomic E-state index is 13.5.